The van der Waals surface area contributed by atoms with Crippen molar-refractivity contribution in [3.8, 4) is 0 Å². The molecule has 106 valence electrons. The average molecular weight is 271 g/mol. The minimum Gasteiger partial charge on any atom is -0.329 e. The molecule has 2 unspecified atom stereocenters. The first kappa shape index (κ1) is 14.6. The normalized spacial score (nSPS) is 35.2. The van der Waals surface area contributed by atoms with Gasteiger partial charge in [-0.25, -0.2) is 0 Å². The van der Waals surface area contributed by atoms with Crippen LogP contribution in [0.25, 0.3) is 0 Å². The summed E-state index contributed by atoms with van der Waals surface area (Å²) in [5.74, 6) is 1.26. The van der Waals surface area contributed by atoms with Crippen molar-refractivity contribution in [2.75, 3.05) is 40.0 Å². The fourth-order valence-electron chi connectivity index (χ4n) is 3.63. The lowest BCUT2D eigenvalue weighted by Crippen LogP contribution is -2.64. The SMILES string of the molecule is CC1SCCC1(CN)N(C)CC1(N(C)C)CCC1. The van der Waals surface area contributed by atoms with Gasteiger partial charge >= 0.3 is 0 Å². The highest BCUT2D eigenvalue weighted by Gasteiger charge is 2.48. The van der Waals surface area contributed by atoms with Crippen molar-refractivity contribution in [3.63, 3.8) is 0 Å². The first-order chi connectivity index (χ1) is 8.47. The van der Waals surface area contributed by atoms with Crippen LogP contribution in [0.3, 0.4) is 0 Å². The molecule has 0 aromatic rings. The predicted octanol–water partition coefficient (Wildman–Crippen LogP) is 1.63. The molecule has 18 heavy (non-hydrogen) atoms. The molecular formula is C14H29N3S. The Hall–Kier alpha value is 0.230. The van der Waals surface area contributed by atoms with Crippen LogP contribution in [0.5, 0.6) is 0 Å². The minimum atomic E-state index is 0.225. The van der Waals surface area contributed by atoms with Crippen LogP contribution >= 0.6 is 11.8 Å². The Labute approximate surface area is 116 Å². The van der Waals surface area contributed by atoms with Gasteiger partial charge in [0.2, 0.25) is 0 Å². The molecule has 0 spiro atoms. The van der Waals surface area contributed by atoms with Crippen molar-refractivity contribution in [2.24, 2.45) is 5.73 Å². The van der Waals surface area contributed by atoms with Gasteiger partial charge < -0.3 is 10.6 Å². The van der Waals surface area contributed by atoms with Crippen molar-refractivity contribution >= 4 is 11.8 Å². The summed E-state index contributed by atoms with van der Waals surface area (Å²) in [5.41, 5.74) is 6.78. The number of thioether (sulfide) groups is 1. The molecule has 1 saturated heterocycles. The van der Waals surface area contributed by atoms with E-state index in [9.17, 15) is 0 Å². The summed E-state index contributed by atoms with van der Waals surface area (Å²) in [6.07, 6.45) is 5.31. The maximum atomic E-state index is 6.15. The topological polar surface area (TPSA) is 32.5 Å². The molecule has 0 amide bonds. The zero-order valence-corrected chi connectivity index (χ0v) is 13.2. The van der Waals surface area contributed by atoms with Crippen LogP contribution < -0.4 is 5.73 Å². The maximum absolute atomic E-state index is 6.15. The molecular weight excluding hydrogens is 242 g/mol. The Bertz CT molecular complexity index is 291. The molecule has 0 aromatic heterocycles. The van der Waals surface area contributed by atoms with Crippen LogP contribution in [0.1, 0.15) is 32.6 Å². The summed E-state index contributed by atoms with van der Waals surface area (Å²) in [4.78, 5) is 5.01. The van der Waals surface area contributed by atoms with Crippen molar-refractivity contribution < 1.29 is 0 Å². The molecule has 2 rings (SSSR count). The standard InChI is InChI=1S/C14H29N3S/c1-12-14(10-15,8-9-18-12)17(4)11-13(16(2)3)6-5-7-13/h12H,5-11,15H2,1-4H3. The third-order valence-electron chi connectivity index (χ3n) is 5.54. The van der Waals surface area contributed by atoms with E-state index < -0.39 is 0 Å². The largest absolute Gasteiger partial charge is 0.329 e. The third kappa shape index (κ3) is 2.21. The lowest BCUT2D eigenvalue weighted by Gasteiger charge is -2.53. The Morgan fingerprint density at radius 1 is 1.22 bits per heavy atom. The number of hydrogen-bond acceptors (Lipinski definition) is 4. The molecule has 1 heterocycles. The van der Waals surface area contributed by atoms with Gasteiger partial charge in [-0.1, -0.05) is 6.92 Å². The Morgan fingerprint density at radius 3 is 2.22 bits per heavy atom. The first-order valence-corrected chi connectivity index (χ1v) is 8.22. The highest BCUT2D eigenvalue weighted by Crippen LogP contribution is 2.43. The van der Waals surface area contributed by atoms with Crippen LogP contribution in [0.4, 0.5) is 0 Å². The molecule has 0 radical (unpaired) electrons. The smallest absolute Gasteiger partial charge is 0.0452 e. The van der Waals surface area contributed by atoms with Crippen molar-refractivity contribution in [3.05, 3.63) is 0 Å². The molecule has 1 saturated carbocycles. The van der Waals surface area contributed by atoms with Crippen LogP contribution in [0.15, 0.2) is 0 Å². The molecule has 0 bridgehead atoms. The molecule has 2 atom stereocenters. The van der Waals surface area contributed by atoms with Gasteiger partial charge in [0.1, 0.15) is 0 Å². The van der Waals surface area contributed by atoms with Crippen molar-refractivity contribution in [1.82, 2.24) is 9.80 Å². The van der Waals surface area contributed by atoms with Gasteiger partial charge in [0.05, 0.1) is 0 Å². The maximum Gasteiger partial charge on any atom is 0.0452 e. The Kier molecular flexibility index (Phi) is 4.32. The summed E-state index contributed by atoms with van der Waals surface area (Å²) >= 11 is 2.08. The highest BCUT2D eigenvalue weighted by atomic mass is 32.2. The molecule has 2 N–H and O–H groups in total. The lowest BCUT2D eigenvalue weighted by atomic mass is 9.74. The second-order valence-corrected chi connectivity index (χ2v) is 7.85. The van der Waals surface area contributed by atoms with Crippen LogP contribution in [-0.2, 0) is 0 Å². The van der Waals surface area contributed by atoms with E-state index in [2.05, 4.69) is 49.6 Å². The van der Waals surface area contributed by atoms with Gasteiger partial charge in [-0.15, -0.1) is 0 Å². The number of hydrogen-bond donors (Lipinski definition) is 1. The van der Waals surface area contributed by atoms with Gasteiger partial charge in [0.15, 0.2) is 0 Å². The molecule has 1 aliphatic carbocycles. The zero-order chi connectivity index (χ0) is 13.4. The van der Waals surface area contributed by atoms with Gasteiger partial charge in [-0.2, -0.15) is 11.8 Å². The van der Waals surface area contributed by atoms with Crippen LogP contribution in [-0.4, -0.2) is 66.1 Å². The van der Waals surface area contributed by atoms with E-state index in [-0.39, 0.29) is 5.54 Å². The van der Waals surface area contributed by atoms with E-state index in [1.54, 1.807) is 0 Å². The summed E-state index contributed by atoms with van der Waals surface area (Å²) in [7, 11) is 6.75. The fourth-order valence-corrected chi connectivity index (χ4v) is 5.16. The van der Waals surface area contributed by atoms with Gasteiger partial charge in [-0.05, 0) is 52.6 Å². The molecule has 0 aromatic carbocycles. The summed E-state index contributed by atoms with van der Waals surface area (Å²) in [5, 5.41) is 0.659. The summed E-state index contributed by atoms with van der Waals surface area (Å²) < 4.78 is 0. The molecule has 3 nitrogen and oxygen atoms in total. The minimum absolute atomic E-state index is 0.225. The quantitative estimate of drug-likeness (QED) is 0.824. The monoisotopic (exact) mass is 271 g/mol. The Morgan fingerprint density at radius 2 is 1.89 bits per heavy atom. The lowest BCUT2D eigenvalue weighted by molar-refractivity contribution is -0.00648. The number of nitrogens with zero attached hydrogens (tertiary/aromatic N) is 2. The van der Waals surface area contributed by atoms with Crippen LogP contribution in [0, 0.1) is 0 Å². The molecule has 1 aliphatic heterocycles. The molecule has 2 fully saturated rings. The third-order valence-corrected chi connectivity index (χ3v) is 6.92. The van der Waals surface area contributed by atoms with E-state index >= 15 is 0 Å². The van der Waals surface area contributed by atoms with E-state index in [4.69, 9.17) is 5.73 Å². The fraction of sp³-hybridized carbons (Fsp3) is 1.00. The van der Waals surface area contributed by atoms with Crippen molar-refractivity contribution in [2.45, 2.75) is 48.9 Å². The average Bonchev–Trinajstić information content (AvgIpc) is 2.65. The second kappa shape index (κ2) is 5.31. The van der Waals surface area contributed by atoms with Crippen LogP contribution in [0.2, 0.25) is 0 Å². The van der Waals surface area contributed by atoms with Gasteiger partial charge in [0, 0.05) is 29.4 Å². The van der Waals surface area contributed by atoms with Gasteiger partial charge in [0.25, 0.3) is 0 Å². The second-order valence-electron chi connectivity index (χ2n) is 6.40. The highest BCUT2D eigenvalue weighted by molar-refractivity contribution is 8.00. The number of nitrogens with two attached hydrogens (primary N) is 1. The Balaban J connectivity index is 2.08. The zero-order valence-electron chi connectivity index (χ0n) is 12.4. The van der Waals surface area contributed by atoms with Crippen molar-refractivity contribution in [1.29, 1.82) is 0 Å². The van der Waals surface area contributed by atoms with Gasteiger partial charge in [-0.3, -0.25) is 4.90 Å². The predicted molar refractivity (Wildman–Crippen MR) is 81.2 cm³/mol. The van der Waals surface area contributed by atoms with E-state index in [1.807, 2.05) is 0 Å². The van der Waals surface area contributed by atoms with E-state index in [0.717, 1.165) is 6.54 Å². The summed E-state index contributed by atoms with van der Waals surface area (Å²) in [6, 6.07) is 0. The molecule has 2 aliphatic rings. The van der Waals surface area contributed by atoms with E-state index in [1.165, 1.54) is 38.0 Å². The molecule has 4 heteroatoms. The van der Waals surface area contributed by atoms with E-state index in [0.29, 0.717) is 10.8 Å². The first-order valence-electron chi connectivity index (χ1n) is 7.17. The summed E-state index contributed by atoms with van der Waals surface area (Å²) in [6.45, 7) is 4.31. The number of likely N-dealkylation sites (N-methyl/N-ethyl adjacent to an activating group) is 2. The number of rotatable bonds is 5.